The molecule has 0 bridgehead atoms. The second-order valence-electron chi connectivity index (χ2n) is 11.2. The molecule has 0 radical (unpaired) electrons. The maximum absolute atomic E-state index is 13.3. The average molecular weight is 503 g/mol. The number of cyclic esters (lactones) is 1. The third-order valence-electron chi connectivity index (χ3n) is 7.96. The van der Waals surface area contributed by atoms with Gasteiger partial charge in [-0.1, -0.05) is 20.8 Å². The fraction of sp³-hybridized carbons (Fsp3) is 0.923. The molecular formula is C26H46O9. The van der Waals surface area contributed by atoms with Crippen LogP contribution in [0.25, 0.3) is 0 Å². The summed E-state index contributed by atoms with van der Waals surface area (Å²) >= 11 is 0. The highest BCUT2D eigenvalue weighted by Crippen LogP contribution is 2.38. The predicted molar refractivity (Wildman–Crippen MR) is 128 cm³/mol. The first kappa shape index (κ1) is 30.1. The van der Waals surface area contributed by atoms with E-state index in [0.29, 0.717) is 6.42 Å². The third kappa shape index (κ3) is 7.02. The summed E-state index contributed by atoms with van der Waals surface area (Å²) in [4.78, 5) is 26.0. The normalized spacial score (nSPS) is 47.1. The predicted octanol–water partition coefficient (Wildman–Crippen LogP) is 2.23. The Bertz CT molecular complexity index is 726. The molecule has 3 N–H and O–H groups in total. The van der Waals surface area contributed by atoms with E-state index in [4.69, 9.17) is 18.9 Å². The summed E-state index contributed by atoms with van der Waals surface area (Å²) in [5.41, 5.74) is -2.86. The van der Waals surface area contributed by atoms with Crippen molar-refractivity contribution >= 4 is 11.8 Å². The van der Waals surface area contributed by atoms with Gasteiger partial charge in [-0.2, -0.15) is 0 Å². The van der Waals surface area contributed by atoms with E-state index in [1.165, 1.54) is 14.0 Å². The smallest absolute Gasteiger partial charge is 0.311 e. The van der Waals surface area contributed by atoms with Crippen molar-refractivity contribution in [1.82, 2.24) is 0 Å². The maximum atomic E-state index is 13.3. The zero-order chi connectivity index (χ0) is 26.7. The lowest BCUT2D eigenvalue weighted by Crippen LogP contribution is -2.56. The molecule has 11 atom stereocenters. The van der Waals surface area contributed by atoms with E-state index in [2.05, 4.69) is 0 Å². The lowest BCUT2D eigenvalue weighted by molar-refractivity contribution is -0.265. The Kier molecular flexibility index (Phi) is 10.3. The van der Waals surface area contributed by atoms with Crippen molar-refractivity contribution in [3.8, 4) is 0 Å². The van der Waals surface area contributed by atoms with Crippen molar-refractivity contribution < 1.29 is 43.9 Å². The molecule has 0 aromatic carbocycles. The molecule has 0 aliphatic carbocycles. The van der Waals surface area contributed by atoms with Crippen LogP contribution < -0.4 is 0 Å². The summed E-state index contributed by atoms with van der Waals surface area (Å²) in [6, 6.07) is 0. The molecule has 2 saturated heterocycles. The molecule has 0 aromatic heterocycles. The summed E-state index contributed by atoms with van der Waals surface area (Å²) in [5, 5.41) is 32.7. The maximum Gasteiger partial charge on any atom is 0.311 e. The zero-order valence-corrected chi connectivity index (χ0v) is 22.5. The number of carbonyl (C=O) groups is 2. The second kappa shape index (κ2) is 12.0. The van der Waals surface area contributed by atoms with Gasteiger partial charge in [0.15, 0.2) is 6.29 Å². The van der Waals surface area contributed by atoms with Crippen LogP contribution in [0.3, 0.4) is 0 Å². The van der Waals surface area contributed by atoms with Gasteiger partial charge in [0.2, 0.25) is 0 Å². The van der Waals surface area contributed by atoms with Gasteiger partial charge in [0, 0.05) is 24.9 Å². The van der Waals surface area contributed by atoms with Gasteiger partial charge in [-0.25, -0.2) is 0 Å². The first-order valence-electron chi connectivity index (χ1n) is 12.8. The molecule has 0 aromatic rings. The van der Waals surface area contributed by atoms with Gasteiger partial charge in [-0.15, -0.1) is 0 Å². The zero-order valence-electron chi connectivity index (χ0n) is 22.5. The molecule has 9 nitrogen and oxygen atoms in total. The fourth-order valence-corrected chi connectivity index (χ4v) is 5.43. The number of rotatable bonds is 3. The molecule has 2 heterocycles. The van der Waals surface area contributed by atoms with Gasteiger partial charge in [0.05, 0.1) is 35.9 Å². The highest BCUT2D eigenvalue weighted by atomic mass is 16.7. The van der Waals surface area contributed by atoms with E-state index in [9.17, 15) is 24.9 Å². The van der Waals surface area contributed by atoms with E-state index in [1.54, 1.807) is 27.7 Å². The summed E-state index contributed by atoms with van der Waals surface area (Å²) < 4.78 is 23.7. The number of carbonyl (C=O) groups excluding carboxylic acids is 2. The lowest BCUT2D eigenvalue weighted by Gasteiger charge is -2.45. The van der Waals surface area contributed by atoms with Crippen LogP contribution in [0, 0.1) is 23.7 Å². The number of esters is 1. The van der Waals surface area contributed by atoms with Crippen molar-refractivity contribution in [1.29, 1.82) is 0 Å². The minimum absolute atomic E-state index is 0.0332. The number of hydrogen-bond donors (Lipinski definition) is 3. The molecule has 2 fully saturated rings. The summed E-state index contributed by atoms with van der Waals surface area (Å²) in [7, 11) is 1.53. The summed E-state index contributed by atoms with van der Waals surface area (Å²) in [5.74, 6) is -3.96. The highest BCUT2D eigenvalue weighted by Gasteiger charge is 2.48. The van der Waals surface area contributed by atoms with Gasteiger partial charge >= 0.3 is 5.97 Å². The molecule has 2 rings (SSSR count). The van der Waals surface area contributed by atoms with E-state index in [1.807, 2.05) is 13.8 Å². The molecule has 2 aliphatic heterocycles. The van der Waals surface area contributed by atoms with Crippen LogP contribution in [0.15, 0.2) is 0 Å². The van der Waals surface area contributed by atoms with Gasteiger partial charge in [-0.05, 0) is 53.4 Å². The molecule has 0 saturated carbocycles. The SMILES string of the molecule is CO[C@]1(C)C[C@@H](C)C(=O)C(C)C(O)[C@](C)(O)COC(=O)C(C)[C@@H](O)[C@H](C)[C@H]1OC1CCCC(C)O1. The standard InChI is InChI=1S/C26H46O9/c1-14-12-26(7,32-8)23(35-19-11-9-10-15(2)34-19)17(4)21(28)18(5)24(30)33-13-25(6,31)22(29)16(3)20(14)27/h14-19,21-23,28-29,31H,9-13H2,1-8H3/t14-,15?,16?,17+,18?,19?,21+,22?,23-,25-,26-/m1/s1. The molecule has 0 amide bonds. The molecule has 35 heavy (non-hydrogen) atoms. The minimum atomic E-state index is -1.84. The van der Waals surface area contributed by atoms with E-state index >= 15 is 0 Å². The Morgan fingerprint density at radius 2 is 1.63 bits per heavy atom. The number of aliphatic hydroxyl groups is 3. The number of ketones is 1. The third-order valence-corrected chi connectivity index (χ3v) is 7.96. The largest absolute Gasteiger partial charge is 0.462 e. The second-order valence-corrected chi connectivity index (χ2v) is 11.2. The van der Waals surface area contributed by atoms with Crippen LogP contribution in [0.4, 0.5) is 0 Å². The van der Waals surface area contributed by atoms with Crippen LogP contribution >= 0.6 is 0 Å². The number of Topliss-reactive ketones (excluding diaryl/α,β-unsaturated/α-hetero) is 1. The van der Waals surface area contributed by atoms with Crippen molar-refractivity contribution in [3.05, 3.63) is 0 Å². The Hall–Kier alpha value is -1.10. The number of methoxy groups -OCH3 is 1. The van der Waals surface area contributed by atoms with Crippen LogP contribution in [0.2, 0.25) is 0 Å². The van der Waals surface area contributed by atoms with Crippen LogP contribution in [0.5, 0.6) is 0 Å². The first-order valence-corrected chi connectivity index (χ1v) is 12.8. The summed E-state index contributed by atoms with van der Waals surface area (Å²) in [6.07, 6.45) is -1.00. The monoisotopic (exact) mass is 502 g/mol. The van der Waals surface area contributed by atoms with Crippen LogP contribution in [0.1, 0.15) is 74.1 Å². The molecule has 0 spiro atoms. The number of ether oxygens (including phenoxy) is 4. The van der Waals surface area contributed by atoms with Crippen molar-refractivity contribution in [2.45, 2.75) is 116 Å². The molecular weight excluding hydrogens is 456 g/mol. The number of hydrogen-bond acceptors (Lipinski definition) is 9. The Morgan fingerprint density at radius 3 is 2.20 bits per heavy atom. The van der Waals surface area contributed by atoms with E-state index in [0.717, 1.165) is 12.8 Å². The average Bonchev–Trinajstić information content (AvgIpc) is 2.82. The Balaban J connectivity index is 2.48. The van der Waals surface area contributed by atoms with Gasteiger partial charge in [0.25, 0.3) is 0 Å². The van der Waals surface area contributed by atoms with Gasteiger partial charge < -0.3 is 34.3 Å². The highest BCUT2D eigenvalue weighted by molar-refractivity contribution is 5.83. The van der Waals surface area contributed by atoms with Crippen LogP contribution in [-0.4, -0.2) is 82.7 Å². The fourth-order valence-electron chi connectivity index (χ4n) is 5.43. The Morgan fingerprint density at radius 1 is 1.00 bits per heavy atom. The van der Waals surface area contributed by atoms with Crippen molar-refractivity contribution in [2.24, 2.45) is 23.7 Å². The van der Waals surface area contributed by atoms with Crippen molar-refractivity contribution in [2.75, 3.05) is 13.7 Å². The van der Waals surface area contributed by atoms with E-state index in [-0.39, 0.29) is 18.3 Å². The molecule has 204 valence electrons. The molecule has 5 unspecified atom stereocenters. The summed E-state index contributed by atoms with van der Waals surface area (Å²) in [6.45, 7) is 11.3. The lowest BCUT2D eigenvalue weighted by atomic mass is 9.75. The van der Waals surface area contributed by atoms with Crippen molar-refractivity contribution in [3.63, 3.8) is 0 Å². The molecule has 2 aliphatic rings. The van der Waals surface area contributed by atoms with Gasteiger partial charge in [0.1, 0.15) is 18.0 Å². The topological polar surface area (TPSA) is 132 Å². The van der Waals surface area contributed by atoms with E-state index < -0.39 is 72.1 Å². The van der Waals surface area contributed by atoms with Gasteiger partial charge in [-0.3, -0.25) is 9.59 Å². The minimum Gasteiger partial charge on any atom is -0.462 e. The number of aliphatic hydroxyl groups excluding tert-OH is 2. The molecule has 9 heteroatoms. The van der Waals surface area contributed by atoms with Crippen LogP contribution in [-0.2, 0) is 28.5 Å². The first-order chi connectivity index (χ1) is 16.1. The Labute approximate surface area is 209 Å². The quantitative estimate of drug-likeness (QED) is 0.497.